The molecule has 158 valence electrons. The standard InChI is InChI=1S/C22H16N6O3S/c29-15-10-28(7-6-23-15)22-25-14-4-2-1-3-12(14)18(26-22)17-16(19(30)27-20(17)31)13-9-24-21-11(13)5-8-32-21/h1-5,8-9,24H,6-7,10H2,(H,23,29)(H,27,30,31). The van der Waals surface area contributed by atoms with Gasteiger partial charge in [0.05, 0.1) is 28.9 Å². The van der Waals surface area contributed by atoms with Gasteiger partial charge in [-0.3, -0.25) is 19.7 Å². The third-order valence-corrected chi connectivity index (χ3v) is 6.50. The summed E-state index contributed by atoms with van der Waals surface area (Å²) >= 11 is 1.53. The van der Waals surface area contributed by atoms with Gasteiger partial charge in [-0.25, -0.2) is 9.97 Å². The third kappa shape index (κ3) is 2.80. The summed E-state index contributed by atoms with van der Waals surface area (Å²) < 4.78 is 0. The molecule has 2 aliphatic heterocycles. The van der Waals surface area contributed by atoms with Gasteiger partial charge in [0.15, 0.2) is 0 Å². The molecule has 4 aromatic rings. The van der Waals surface area contributed by atoms with Crippen LogP contribution in [0.2, 0.25) is 0 Å². The van der Waals surface area contributed by atoms with Gasteiger partial charge in [-0.05, 0) is 17.5 Å². The molecule has 32 heavy (non-hydrogen) atoms. The van der Waals surface area contributed by atoms with Crippen molar-refractivity contribution in [1.82, 2.24) is 25.6 Å². The number of benzene rings is 1. The number of imide groups is 1. The Morgan fingerprint density at radius 3 is 2.69 bits per heavy atom. The molecule has 0 atom stereocenters. The lowest BCUT2D eigenvalue weighted by atomic mass is 9.97. The highest BCUT2D eigenvalue weighted by Crippen LogP contribution is 2.38. The van der Waals surface area contributed by atoms with E-state index in [2.05, 4.69) is 20.6 Å². The Morgan fingerprint density at radius 2 is 1.81 bits per heavy atom. The number of H-pyrrole nitrogens is 1. The molecule has 5 heterocycles. The molecule has 0 spiro atoms. The lowest BCUT2D eigenvalue weighted by molar-refractivity contribution is -0.123. The second-order valence-corrected chi connectivity index (χ2v) is 8.48. The zero-order valence-electron chi connectivity index (χ0n) is 16.6. The number of para-hydroxylation sites is 1. The molecule has 1 fully saturated rings. The number of fused-ring (bicyclic) bond motifs is 2. The summed E-state index contributed by atoms with van der Waals surface area (Å²) in [4.78, 5) is 53.0. The molecule has 3 amide bonds. The van der Waals surface area contributed by atoms with Gasteiger partial charge < -0.3 is 15.2 Å². The smallest absolute Gasteiger partial charge is 0.261 e. The number of aromatic nitrogens is 3. The van der Waals surface area contributed by atoms with E-state index in [1.54, 1.807) is 11.1 Å². The van der Waals surface area contributed by atoms with Crippen LogP contribution in [0, 0.1) is 0 Å². The van der Waals surface area contributed by atoms with E-state index >= 15 is 0 Å². The molecule has 0 radical (unpaired) electrons. The molecule has 3 aromatic heterocycles. The zero-order chi connectivity index (χ0) is 21.8. The highest BCUT2D eigenvalue weighted by Gasteiger charge is 2.36. The fourth-order valence-electron chi connectivity index (χ4n) is 4.20. The highest BCUT2D eigenvalue weighted by atomic mass is 32.1. The largest absolute Gasteiger partial charge is 0.353 e. The van der Waals surface area contributed by atoms with Gasteiger partial charge in [0.1, 0.15) is 4.83 Å². The Kier molecular flexibility index (Phi) is 4.08. The number of aromatic amines is 1. The summed E-state index contributed by atoms with van der Waals surface area (Å²) in [5.74, 6) is -0.725. The minimum atomic E-state index is -0.499. The molecular formula is C22H16N6O3S. The van der Waals surface area contributed by atoms with Crippen LogP contribution in [0.25, 0.3) is 32.3 Å². The average molecular weight is 444 g/mol. The Hall–Kier alpha value is -4.05. The first-order valence-corrected chi connectivity index (χ1v) is 10.9. The molecule has 0 bridgehead atoms. The quantitative estimate of drug-likeness (QED) is 0.414. The number of hydrogen-bond acceptors (Lipinski definition) is 7. The van der Waals surface area contributed by atoms with Gasteiger partial charge in [-0.2, -0.15) is 0 Å². The molecule has 9 nitrogen and oxygen atoms in total. The number of nitrogens with zero attached hydrogens (tertiary/aromatic N) is 3. The maximum absolute atomic E-state index is 13.0. The summed E-state index contributed by atoms with van der Waals surface area (Å²) in [7, 11) is 0. The van der Waals surface area contributed by atoms with Crippen LogP contribution in [-0.2, 0) is 14.4 Å². The van der Waals surface area contributed by atoms with E-state index < -0.39 is 11.8 Å². The number of anilines is 1. The Morgan fingerprint density at radius 1 is 0.969 bits per heavy atom. The SMILES string of the molecule is O=C1CN(c2nc(C3=C(c4c[nH]c5sccc45)C(=O)NC3=O)c3ccccc3n2)CCN1. The number of carbonyl (C=O) groups is 3. The maximum Gasteiger partial charge on any atom is 0.261 e. The van der Waals surface area contributed by atoms with E-state index in [0.29, 0.717) is 41.2 Å². The molecule has 0 saturated carbocycles. The summed E-state index contributed by atoms with van der Waals surface area (Å²) in [6.45, 7) is 1.16. The van der Waals surface area contributed by atoms with Crippen molar-refractivity contribution in [3.8, 4) is 0 Å². The predicted octanol–water partition coefficient (Wildman–Crippen LogP) is 1.68. The minimum absolute atomic E-state index is 0.115. The molecule has 3 N–H and O–H groups in total. The lowest BCUT2D eigenvalue weighted by Crippen LogP contribution is -2.48. The summed E-state index contributed by atoms with van der Waals surface area (Å²) in [5, 5.41) is 8.68. The van der Waals surface area contributed by atoms with E-state index in [1.165, 1.54) is 11.3 Å². The van der Waals surface area contributed by atoms with Gasteiger partial charge in [0.25, 0.3) is 11.8 Å². The number of thiophene rings is 1. The first-order chi connectivity index (χ1) is 15.6. The molecule has 10 heteroatoms. The zero-order valence-corrected chi connectivity index (χ0v) is 17.5. The average Bonchev–Trinajstić information content (AvgIpc) is 3.48. The van der Waals surface area contributed by atoms with Crippen molar-refractivity contribution in [2.75, 3.05) is 24.5 Å². The lowest BCUT2D eigenvalue weighted by Gasteiger charge is -2.27. The number of amides is 3. The first-order valence-electron chi connectivity index (χ1n) is 10.0. The number of carbonyl (C=O) groups excluding carboxylic acids is 3. The van der Waals surface area contributed by atoms with Crippen molar-refractivity contribution in [1.29, 1.82) is 0 Å². The number of nitrogens with one attached hydrogen (secondary N) is 3. The van der Waals surface area contributed by atoms with Crippen LogP contribution in [0.1, 0.15) is 11.3 Å². The predicted molar refractivity (Wildman–Crippen MR) is 121 cm³/mol. The van der Waals surface area contributed by atoms with Crippen LogP contribution in [0.5, 0.6) is 0 Å². The van der Waals surface area contributed by atoms with Crippen LogP contribution < -0.4 is 15.5 Å². The molecule has 2 aliphatic rings. The van der Waals surface area contributed by atoms with Gasteiger partial charge in [0.2, 0.25) is 11.9 Å². The maximum atomic E-state index is 13.0. The van der Waals surface area contributed by atoms with E-state index in [1.807, 2.05) is 35.7 Å². The summed E-state index contributed by atoms with van der Waals surface area (Å²) in [5.41, 5.74) is 2.15. The molecule has 0 aliphatic carbocycles. The Labute approximate surface area is 185 Å². The van der Waals surface area contributed by atoms with Crippen molar-refractivity contribution in [3.63, 3.8) is 0 Å². The summed E-state index contributed by atoms with van der Waals surface area (Å²) in [6.07, 6.45) is 1.74. The van der Waals surface area contributed by atoms with Crippen LogP contribution >= 0.6 is 11.3 Å². The fourth-order valence-corrected chi connectivity index (χ4v) is 4.97. The first kappa shape index (κ1) is 18.7. The van der Waals surface area contributed by atoms with Gasteiger partial charge in [-0.15, -0.1) is 11.3 Å². The molecular weight excluding hydrogens is 428 g/mol. The normalized spacial score (nSPS) is 16.9. The van der Waals surface area contributed by atoms with E-state index in [4.69, 9.17) is 4.98 Å². The van der Waals surface area contributed by atoms with E-state index in [9.17, 15) is 14.4 Å². The van der Waals surface area contributed by atoms with Crippen LogP contribution in [-0.4, -0.2) is 52.3 Å². The number of rotatable bonds is 3. The van der Waals surface area contributed by atoms with Gasteiger partial charge in [-0.1, -0.05) is 18.2 Å². The van der Waals surface area contributed by atoms with E-state index in [-0.39, 0.29) is 23.6 Å². The minimum Gasteiger partial charge on any atom is -0.353 e. The van der Waals surface area contributed by atoms with Crippen LogP contribution in [0.4, 0.5) is 5.95 Å². The second kappa shape index (κ2) is 6.99. The van der Waals surface area contributed by atoms with Gasteiger partial charge >= 0.3 is 0 Å². The monoisotopic (exact) mass is 444 g/mol. The molecule has 6 rings (SSSR count). The van der Waals surface area contributed by atoms with Crippen molar-refractivity contribution in [2.45, 2.75) is 0 Å². The van der Waals surface area contributed by atoms with Crippen molar-refractivity contribution in [3.05, 3.63) is 53.2 Å². The third-order valence-electron chi connectivity index (χ3n) is 5.65. The molecule has 1 aromatic carbocycles. The number of piperazine rings is 1. The van der Waals surface area contributed by atoms with Crippen LogP contribution in [0.15, 0.2) is 41.9 Å². The Balaban J connectivity index is 1.62. The van der Waals surface area contributed by atoms with Crippen molar-refractivity contribution in [2.24, 2.45) is 0 Å². The topological polar surface area (TPSA) is 120 Å². The van der Waals surface area contributed by atoms with E-state index in [0.717, 1.165) is 10.2 Å². The second-order valence-electron chi connectivity index (χ2n) is 7.56. The molecule has 0 unspecified atom stereocenters. The molecule has 1 saturated heterocycles. The summed E-state index contributed by atoms with van der Waals surface area (Å²) in [6, 6.07) is 9.27. The Bertz CT molecular complexity index is 1480. The van der Waals surface area contributed by atoms with Crippen molar-refractivity contribution >= 4 is 67.3 Å². The number of hydrogen-bond donors (Lipinski definition) is 3. The van der Waals surface area contributed by atoms with Gasteiger partial charge in [0, 0.05) is 35.6 Å². The fraction of sp³-hybridized carbons (Fsp3) is 0.136. The van der Waals surface area contributed by atoms with Crippen molar-refractivity contribution < 1.29 is 14.4 Å². The van der Waals surface area contributed by atoms with Crippen LogP contribution in [0.3, 0.4) is 0 Å². The highest BCUT2D eigenvalue weighted by molar-refractivity contribution is 7.16.